The molecule has 2 amide bonds. The molecule has 0 bridgehead atoms. The first kappa shape index (κ1) is 22.4. The second-order valence-electron chi connectivity index (χ2n) is 8.09. The van der Waals surface area contributed by atoms with E-state index in [-0.39, 0.29) is 0 Å². The van der Waals surface area contributed by atoms with Crippen LogP contribution < -0.4 is 15.4 Å². The van der Waals surface area contributed by atoms with Crippen LogP contribution in [0.25, 0.3) is 22.0 Å². The Morgan fingerprint density at radius 1 is 0.857 bits per heavy atom. The Kier molecular flexibility index (Phi) is 6.08. The van der Waals surface area contributed by atoms with E-state index in [2.05, 4.69) is 4.98 Å². The number of aromatic nitrogens is 1. The second kappa shape index (κ2) is 9.49. The molecule has 0 aliphatic heterocycles. The van der Waals surface area contributed by atoms with E-state index in [9.17, 15) is 4.79 Å². The molecule has 0 aliphatic rings. The van der Waals surface area contributed by atoms with Crippen LogP contribution in [0.4, 0.5) is 16.2 Å². The number of pyridine rings is 1. The van der Waals surface area contributed by atoms with E-state index in [0.717, 1.165) is 27.6 Å². The number of aryl methyl sites for hydroxylation is 1. The molecular weight excluding hydrogens is 458 g/mol. The summed E-state index contributed by atoms with van der Waals surface area (Å²) in [6.45, 7) is 2.03. The van der Waals surface area contributed by atoms with E-state index < -0.39 is 6.03 Å². The molecule has 0 fully saturated rings. The minimum atomic E-state index is -0.575. The number of benzene rings is 4. The quantitative estimate of drug-likeness (QED) is 0.279. The number of anilines is 2. The lowest BCUT2D eigenvalue weighted by Crippen LogP contribution is -2.31. The number of amides is 2. The van der Waals surface area contributed by atoms with Gasteiger partial charge in [0.2, 0.25) is 0 Å². The molecule has 0 saturated carbocycles. The van der Waals surface area contributed by atoms with E-state index in [1.54, 1.807) is 6.07 Å². The predicted molar refractivity (Wildman–Crippen MR) is 142 cm³/mol. The summed E-state index contributed by atoms with van der Waals surface area (Å²) in [6.07, 6.45) is 1.84. The van der Waals surface area contributed by atoms with Gasteiger partial charge in [0.15, 0.2) is 0 Å². The van der Waals surface area contributed by atoms with Gasteiger partial charge in [0.1, 0.15) is 11.5 Å². The number of fused-ring (bicyclic) bond motifs is 1. The molecule has 0 aliphatic carbocycles. The molecule has 6 heteroatoms. The maximum absolute atomic E-state index is 12.2. The molecule has 1 heterocycles. The molecule has 0 spiro atoms. The number of para-hydroxylation sites is 2. The van der Waals surface area contributed by atoms with Crippen LogP contribution in [0.5, 0.6) is 11.5 Å². The predicted octanol–water partition coefficient (Wildman–Crippen LogP) is 7.87. The standard InChI is InChI=1S/C29H22ClN3O2/c1-19-18-32-28-25(14-7-15-26(28)30)27(19)20-8-5-12-23(16-20)35-24-13-6-11-22(17-24)33(29(31)34)21-9-3-2-4-10-21/h2-18H,1H3,(H2,31,34). The van der Waals surface area contributed by atoms with Crippen LogP contribution in [0.1, 0.15) is 5.56 Å². The number of rotatable bonds is 5. The van der Waals surface area contributed by atoms with E-state index in [1.807, 2.05) is 104 Å². The maximum atomic E-state index is 12.2. The SMILES string of the molecule is Cc1cnc2c(Cl)cccc2c1-c1cccc(Oc2cccc(N(C(N)=O)c3ccccc3)c2)c1. The first-order valence-corrected chi connectivity index (χ1v) is 11.5. The topological polar surface area (TPSA) is 68.4 Å². The zero-order chi connectivity index (χ0) is 24.4. The highest BCUT2D eigenvalue weighted by Crippen LogP contribution is 2.36. The van der Waals surface area contributed by atoms with E-state index >= 15 is 0 Å². The number of hydrogen-bond acceptors (Lipinski definition) is 3. The van der Waals surface area contributed by atoms with Crippen LogP contribution in [0.3, 0.4) is 0 Å². The number of nitrogens with two attached hydrogens (primary N) is 1. The third kappa shape index (κ3) is 4.54. The van der Waals surface area contributed by atoms with E-state index in [1.165, 1.54) is 4.90 Å². The Morgan fingerprint density at radius 2 is 1.54 bits per heavy atom. The Hall–Kier alpha value is -4.35. The molecule has 0 atom stereocenters. The molecule has 5 aromatic rings. The highest BCUT2D eigenvalue weighted by molar-refractivity contribution is 6.35. The largest absolute Gasteiger partial charge is 0.457 e. The molecule has 4 aromatic carbocycles. The molecule has 5 nitrogen and oxygen atoms in total. The van der Waals surface area contributed by atoms with E-state index in [0.29, 0.717) is 27.9 Å². The van der Waals surface area contributed by atoms with Crippen molar-refractivity contribution in [3.05, 3.63) is 114 Å². The number of ether oxygens (including phenoxy) is 1. The van der Waals surface area contributed by atoms with Crippen molar-refractivity contribution in [1.29, 1.82) is 0 Å². The van der Waals surface area contributed by atoms with Crippen molar-refractivity contribution in [3.8, 4) is 22.6 Å². The van der Waals surface area contributed by atoms with Crippen molar-refractivity contribution in [2.24, 2.45) is 5.73 Å². The third-order valence-corrected chi connectivity index (χ3v) is 6.01. The van der Waals surface area contributed by atoms with Gasteiger partial charge in [0.05, 0.1) is 21.9 Å². The Bertz CT molecular complexity index is 1540. The fourth-order valence-electron chi connectivity index (χ4n) is 4.19. The fraction of sp³-hybridized carbons (Fsp3) is 0.0345. The molecule has 35 heavy (non-hydrogen) atoms. The molecule has 172 valence electrons. The zero-order valence-electron chi connectivity index (χ0n) is 19.0. The highest BCUT2D eigenvalue weighted by Gasteiger charge is 2.16. The van der Waals surface area contributed by atoms with Crippen molar-refractivity contribution in [2.75, 3.05) is 4.90 Å². The summed E-state index contributed by atoms with van der Waals surface area (Å²) >= 11 is 6.39. The van der Waals surface area contributed by atoms with Crippen LogP contribution in [0, 0.1) is 6.92 Å². The Morgan fingerprint density at radius 3 is 2.31 bits per heavy atom. The van der Waals surface area contributed by atoms with Crippen molar-refractivity contribution in [1.82, 2.24) is 4.98 Å². The summed E-state index contributed by atoms with van der Waals surface area (Å²) in [5.41, 5.74) is 10.8. The second-order valence-corrected chi connectivity index (χ2v) is 8.50. The molecule has 0 unspecified atom stereocenters. The van der Waals surface area contributed by atoms with Crippen molar-refractivity contribution in [2.45, 2.75) is 6.92 Å². The van der Waals surface area contributed by atoms with Gasteiger partial charge in [0.25, 0.3) is 0 Å². The maximum Gasteiger partial charge on any atom is 0.323 e. The summed E-state index contributed by atoms with van der Waals surface area (Å²) in [6, 6.07) is 29.6. The number of nitrogens with zero attached hydrogens (tertiary/aromatic N) is 2. The van der Waals surface area contributed by atoms with Crippen LogP contribution in [-0.4, -0.2) is 11.0 Å². The lowest BCUT2D eigenvalue weighted by atomic mass is 9.97. The Balaban J connectivity index is 1.50. The Labute approximate surface area is 208 Å². The number of carbonyl (C=O) groups is 1. The number of halogens is 1. The molecule has 0 saturated heterocycles. The monoisotopic (exact) mass is 479 g/mol. The van der Waals surface area contributed by atoms with Gasteiger partial charge in [-0.1, -0.05) is 60.1 Å². The minimum Gasteiger partial charge on any atom is -0.457 e. The van der Waals surface area contributed by atoms with Gasteiger partial charge in [-0.15, -0.1) is 0 Å². The van der Waals surface area contributed by atoms with Crippen LogP contribution in [0.2, 0.25) is 5.02 Å². The van der Waals surface area contributed by atoms with Crippen LogP contribution in [0.15, 0.2) is 103 Å². The first-order chi connectivity index (χ1) is 17.0. The van der Waals surface area contributed by atoms with Gasteiger partial charge in [-0.2, -0.15) is 0 Å². The minimum absolute atomic E-state index is 0.575. The molecular formula is C29H22ClN3O2. The summed E-state index contributed by atoms with van der Waals surface area (Å²) in [5, 5.41) is 1.60. The van der Waals surface area contributed by atoms with Crippen molar-refractivity contribution < 1.29 is 9.53 Å². The summed E-state index contributed by atoms with van der Waals surface area (Å²) < 4.78 is 6.20. The third-order valence-electron chi connectivity index (χ3n) is 5.71. The summed E-state index contributed by atoms with van der Waals surface area (Å²) in [7, 11) is 0. The summed E-state index contributed by atoms with van der Waals surface area (Å²) in [4.78, 5) is 18.2. The first-order valence-electron chi connectivity index (χ1n) is 11.1. The molecule has 2 N–H and O–H groups in total. The molecule has 1 aromatic heterocycles. The number of urea groups is 1. The highest BCUT2D eigenvalue weighted by atomic mass is 35.5. The average Bonchev–Trinajstić information content (AvgIpc) is 2.85. The van der Waals surface area contributed by atoms with Gasteiger partial charge < -0.3 is 10.5 Å². The average molecular weight is 480 g/mol. The normalized spacial score (nSPS) is 10.8. The number of carbonyl (C=O) groups excluding carboxylic acids is 1. The smallest absolute Gasteiger partial charge is 0.323 e. The van der Waals surface area contributed by atoms with Gasteiger partial charge in [-0.25, -0.2) is 4.79 Å². The lowest BCUT2D eigenvalue weighted by molar-refractivity contribution is 0.256. The van der Waals surface area contributed by atoms with Crippen molar-refractivity contribution in [3.63, 3.8) is 0 Å². The van der Waals surface area contributed by atoms with Crippen molar-refractivity contribution >= 4 is 39.9 Å². The lowest BCUT2D eigenvalue weighted by Gasteiger charge is -2.21. The number of hydrogen-bond donors (Lipinski definition) is 1. The summed E-state index contributed by atoms with van der Waals surface area (Å²) in [5.74, 6) is 1.25. The van der Waals surface area contributed by atoms with Crippen LogP contribution >= 0.6 is 11.6 Å². The zero-order valence-corrected chi connectivity index (χ0v) is 19.7. The molecule has 0 radical (unpaired) electrons. The molecule has 5 rings (SSSR count). The van der Waals surface area contributed by atoms with Gasteiger partial charge in [0, 0.05) is 17.6 Å². The van der Waals surface area contributed by atoms with Gasteiger partial charge in [-0.3, -0.25) is 9.88 Å². The fourth-order valence-corrected chi connectivity index (χ4v) is 4.41. The van der Waals surface area contributed by atoms with Crippen LogP contribution in [-0.2, 0) is 0 Å². The number of primary amides is 1. The van der Waals surface area contributed by atoms with Gasteiger partial charge in [-0.05, 0) is 66.1 Å². The van der Waals surface area contributed by atoms with E-state index in [4.69, 9.17) is 22.1 Å². The van der Waals surface area contributed by atoms with Gasteiger partial charge >= 0.3 is 6.03 Å².